The molecule has 9 heteroatoms. The van der Waals surface area contributed by atoms with E-state index >= 15 is 0 Å². The van der Waals surface area contributed by atoms with Gasteiger partial charge in [0.15, 0.2) is 5.11 Å². The van der Waals surface area contributed by atoms with Crippen LogP contribution in [0.1, 0.15) is 23.9 Å². The maximum Gasteiger partial charge on any atom is 0.229 e. The average Bonchev–Trinajstić information content (AvgIpc) is 2.73. The molecule has 0 spiro atoms. The fourth-order valence-electron chi connectivity index (χ4n) is 2.73. The van der Waals surface area contributed by atoms with Crippen LogP contribution in [0.5, 0.6) is 5.75 Å². The summed E-state index contributed by atoms with van der Waals surface area (Å²) in [6.07, 6.45) is 3.49. The summed E-state index contributed by atoms with van der Waals surface area (Å²) in [5.41, 5.74) is 3.51. The smallest absolute Gasteiger partial charge is 0.229 e. The van der Waals surface area contributed by atoms with E-state index in [1.807, 2.05) is 63.2 Å². The van der Waals surface area contributed by atoms with E-state index < -0.39 is 0 Å². The first-order valence-electron chi connectivity index (χ1n) is 9.85. The number of hydrogen-bond acceptors (Lipinski definition) is 6. The van der Waals surface area contributed by atoms with Gasteiger partial charge in [-0.3, -0.25) is 10.3 Å². The molecule has 2 aromatic heterocycles. The maximum atomic E-state index is 5.47. The number of thiocarbonyl (C=S) groups is 1. The summed E-state index contributed by atoms with van der Waals surface area (Å²) in [7, 11) is 0. The molecule has 31 heavy (non-hydrogen) atoms. The molecule has 0 aliphatic heterocycles. The Morgan fingerprint density at radius 2 is 1.81 bits per heavy atom. The second-order valence-electron chi connectivity index (χ2n) is 6.66. The van der Waals surface area contributed by atoms with E-state index in [0.29, 0.717) is 30.2 Å². The topological polar surface area (TPSA) is 96.3 Å². The third-order valence-electron chi connectivity index (χ3n) is 4.01. The van der Waals surface area contributed by atoms with Gasteiger partial charge in [-0.05, 0) is 75.0 Å². The quantitative estimate of drug-likeness (QED) is 0.305. The minimum atomic E-state index is 0.381. The van der Waals surface area contributed by atoms with Crippen LogP contribution in [0.3, 0.4) is 0 Å². The van der Waals surface area contributed by atoms with Gasteiger partial charge in [-0.1, -0.05) is 6.07 Å². The van der Waals surface area contributed by atoms with Gasteiger partial charge in [-0.15, -0.1) is 0 Å². The fourth-order valence-corrected chi connectivity index (χ4v) is 2.95. The lowest BCUT2D eigenvalue weighted by Crippen LogP contribution is -2.39. The van der Waals surface area contributed by atoms with E-state index in [0.717, 1.165) is 28.4 Å². The van der Waals surface area contributed by atoms with Gasteiger partial charge < -0.3 is 15.4 Å². The number of nitrogens with zero attached hydrogens (tertiary/aromatic N) is 4. The Hall–Kier alpha value is -3.59. The van der Waals surface area contributed by atoms with Crippen molar-refractivity contribution < 1.29 is 4.74 Å². The largest absolute Gasteiger partial charge is 0.494 e. The lowest BCUT2D eigenvalue weighted by Gasteiger charge is -2.14. The van der Waals surface area contributed by atoms with E-state index in [2.05, 4.69) is 35.9 Å². The number of guanidine groups is 1. The Morgan fingerprint density at radius 1 is 1.06 bits per heavy atom. The van der Waals surface area contributed by atoms with Crippen LogP contribution in [-0.4, -0.2) is 32.6 Å². The number of aromatic nitrogens is 3. The first-order valence-corrected chi connectivity index (χ1v) is 10.3. The third kappa shape index (κ3) is 7.31. The van der Waals surface area contributed by atoms with Crippen LogP contribution in [0, 0.1) is 13.8 Å². The molecule has 0 bridgehead atoms. The zero-order valence-electron chi connectivity index (χ0n) is 17.7. The summed E-state index contributed by atoms with van der Waals surface area (Å²) in [6, 6.07) is 13.3. The first kappa shape index (κ1) is 22.1. The van der Waals surface area contributed by atoms with Gasteiger partial charge in [0.1, 0.15) is 5.75 Å². The van der Waals surface area contributed by atoms with Crippen LogP contribution in [0.2, 0.25) is 0 Å². The van der Waals surface area contributed by atoms with Crippen molar-refractivity contribution in [3.63, 3.8) is 0 Å². The van der Waals surface area contributed by atoms with E-state index in [-0.39, 0.29) is 0 Å². The number of aryl methyl sites for hydroxylation is 2. The number of aliphatic imine (C=N–C) groups is 1. The van der Waals surface area contributed by atoms with Gasteiger partial charge in [0.05, 0.1) is 13.2 Å². The van der Waals surface area contributed by atoms with Crippen LogP contribution in [0.4, 0.5) is 11.6 Å². The van der Waals surface area contributed by atoms with Gasteiger partial charge >= 0.3 is 0 Å². The van der Waals surface area contributed by atoms with Crippen molar-refractivity contribution >= 4 is 34.9 Å². The number of pyridine rings is 1. The predicted molar refractivity (Wildman–Crippen MR) is 127 cm³/mol. The SMILES string of the molecule is CCOc1ccc(NC(=S)NC(=NCc2cccnc2)Nc2nc(C)cc(C)n2)cc1. The molecule has 0 atom stereocenters. The van der Waals surface area contributed by atoms with Crippen molar-refractivity contribution in [3.05, 3.63) is 71.8 Å². The summed E-state index contributed by atoms with van der Waals surface area (Å²) in [4.78, 5) is 17.5. The van der Waals surface area contributed by atoms with Gasteiger partial charge in [0, 0.05) is 29.5 Å². The summed E-state index contributed by atoms with van der Waals surface area (Å²) < 4.78 is 5.47. The number of hydrogen-bond donors (Lipinski definition) is 3. The predicted octanol–water partition coefficient (Wildman–Crippen LogP) is 3.84. The number of rotatable bonds is 6. The molecule has 0 saturated carbocycles. The Balaban J connectivity index is 1.72. The molecule has 3 N–H and O–H groups in total. The van der Waals surface area contributed by atoms with Crippen LogP contribution in [0.15, 0.2) is 59.9 Å². The normalized spacial score (nSPS) is 11.0. The van der Waals surface area contributed by atoms with Crippen molar-refractivity contribution in [3.8, 4) is 5.75 Å². The van der Waals surface area contributed by atoms with Crippen LogP contribution >= 0.6 is 12.2 Å². The molecule has 2 heterocycles. The van der Waals surface area contributed by atoms with Gasteiger partial charge in [0.2, 0.25) is 11.9 Å². The molecule has 0 aliphatic carbocycles. The monoisotopic (exact) mass is 435 g/mol. The number of benzene rings is 1. The molecule has 8 nitrogen and oxygen atoms in total. The lowest BCUT2D eigenvalue weighted by atomic mass is 10.3. The van der Waals surface area contributed by atoms with Crippen molar-refractivity contribution in [1.82, 2.24) is 20.3 Å². The molecule has 0 saturated heterocycles. The molecule has 0 amide bonds. The van der Waals surface area contributed by atoms with Crippen molar-refractivity contribution in [1.29, 1.82) is 0 Å². The molecule has 0 radical (unpaired) electrons. The van der Waals surface area contributed by atoms with Gasteiger partial charge in [-0.25, -0.2) is 15.0 Å². The van der Waals surface area contributed by atoms with Gasteiger partial charge in [0.25, 0.3) is 0 Å². The van der Waals surface area contributed by atoms with Crippen LogP contribution in [0.25, 0.3) is 0 Å². The van der Waals surface area contributed by atoms with Crippen molar-refractivity contribution in [2.75, 3.05) is 17.2 Å². The molecular formula is C22H25N7OS. The zero-order valence-corrected chi connectivity index (χ0v) is 18.5. The second-order valence-corrected chi connectivity index (χ2v) is 7.07. The number of nitrogens with one attached hydrogen (secondary N) is 3. The Bertz CT molecular complexity index is 1020. The molecule has 0 aliphatic rings. The van der Waals surface area contributed by atoms with Gasteiger partial charge in [-0.2, -0.15) is 0 Å². The second kappa shape index (κ2) is 11.0. The lowest BCUT2D eigenvalue weighted by molar-refractivity contribution is 0.340. The zero-order chi connectivity index (χ0) is 22.1. The van der Waals surface area contributed by atoms with E-state index in [1.54, 1.807) is 12.4 Å². The summed E-state index contributed by atoms with van der Waals surface area (Å²) in [5.74, 6) is 1.68. The first-order chi connectivity index (χ1) is 15.0. The standard InChI is InChI=1S/C22H25N7OS/c1-4-30-19-9-7-18(8-10-19)27-22(31)29-20(24-14-17-6-5-11-23-13-17)28-21-25-15(2)12-16(3)26-21/h5-13H,4,14H2,1-3H3,(H3,24,25,26,27,28,29,31). The number of anilines is 2. The highest BCUT2D eigenvalue weighted by Crippen LogP contribution is 2.15. The van der Waals surface area contributed by atoms with E-state index in [4.69, 9.17) is 17.0 Å². The average molecular weight is 436 g/mol. The number of ether oxygens (including phenoxy) is 1. The van der Waals surface area contributed by atoms with Crippen molar-refractivity contribution in [2.45, 2.75) is 27.3 Å². The Morgan fingerprint density at radius 3 is 2.45 bits per heavy atom. The summed E-state index contributed by atoms with van der Waals surface area (Å²) in [5, 5.41) is 9.73. The third-order valence-corrected chi connectivity index (χ3v) is 4.21. The highest BCUT2D eigenvalue weighted by molar-refractivity contribution is 7.80. The highest BCUT2D eigenvalue weighted by Gasteiger charge is 2.08. The molecule has 1 aromatic carbocycles. The Labute approximate surface area is 187 Å². The van der Waals surface area contributed by atoms with Crippen LogP contribution < -0.4 is 20.7 Å². The molecule has 3 rings (SSSR count). The van der Waals surface area contributed by atoms with Crippen LogP contribution in [-0.2, 0) is 6.54 Å². The minimum Gasteiger partial charge on any atom is -0.494 e. The highest BCUT2D eigenvalue weighted by atomic mass is 32.1. The van der Waals surface area contributed by atoms with E-state index in [1.165, 1.54) is 0 Å². The molecule has 3 aromatic rings. The summed E-state index contributed by atoms with van der Waals surface area (Å²) >= 11 is 5.47. The molecule has 0 fully saturated rings. The maximum absolute atomic E-state index is 5.47. The van der Waals surface area contributed by atoms with E-state index in [9.17, 15) is 0 Å². The molecular weight excluding hydrogens is 410 g/mol. The fraction of sp³-hybridized carbons (Fsp3) is 0.227. The summed E-state index contributed by atoms with van der Waals surface area (Å²) in [6.45, 7) is 6.81. The minimum absolute atomic E-state index is 0.381. The molecule has 160 valence electrons. The Kier molecular flexibility index (Phi) is 7.83. The van der Waals surface area contributed by atoms with Crippen molar-refractivity contribution in [2.24, 2.45) is 4.99 Å². The molecule has 0 unspecified atom stereocenters.